The minimum absolute atomic E-state index is 0.247. The summed E-state index contributed by atoms with van der Waals surface area (Å²) in [4.78, 5) is 15.2. The van der Waals surface area contributed by atoms with Crippen LogP contribution in [0, 0.1) is 5.92 Å². The highest BCUT2D eigenvalue weighted by Gasteiger charge is 2.13. The highest BCUT2D eigenvalue weighted by Crippen LogP contribution is 2.14. The van der Waals surface area contributed by atoms with Crippen LogP contribution < -0.4 is 4.98 Å². The van der Waals surface area contributed by atoms with E-state index in [1.807, 2.05) is 38.1 Å². The summed E-state index contributed by atoms with van der Waals surface area (Å²) in [7, 11) is -1.34. The summed E-state index contributed by atoms with van der Waals surface area (Å²) in [5.41, 5.74) is 1.67. The van der Waals surface area contributed by atoms with Gasteiger partial charge in [-0.25, -0.2) is 4.79 Å². The molecule has 0 unspecified atom stereocenters. The highest BCUT2D eigenvalue weighted by atomic mass is 28.3. The van der Waals surface area contributed by atoms with Gasteiger partial charge in [0.25, 0.3) is 0 Å². The Morgan fingerprint density at radius 3 is 2.22 bits per heavy atom. The summed E-state index contributed by atoms with van der Waals surface area (Å²) >= 11 is 0. The van der Waals surface area contributed by atoms with Crippen LogP contribution in [0.5, 0.6) is 0 Å². The van der Waals surface area contributed by atoms with E-state index in [4.69, 9.17) is 4.74 Å². The summed E-state index contributed by atoms with van der Waals surface area (Å²) in [6, 6.07) is 7.49. The number of hydrogen-bond acceptors (Lipinski definition) is 3. The molecule has 0 saturated carbocycles. The Morgan fingerprint density at radius 2 is 1.78 bits per heavy atom. The second-order valence-electron chi connectivity index (χ2n) is 5.94. The zero-order valence-electron chi connectivity index (χ0n) is 11.9. The van der Waals surface area contributed by atoms with Crippen molar-refractivity contribution < 1.29 is 9.53 Å². The average molecular weight is 265 g/mol. The normalized spacial score (nSPS) is 11.4. The highest BCUT2D eigenvalue weighted by molar-refractivity contribution is 6.79. The minimum Gasteiger partial charge on any atom is -0.462 e. The molecule has 0 spiro atoms. The van der Waals surface area contributed by atoms with E-state index in [-0.39, 0.29) is 5.97 Å². The summed E-state index contributed by atoms with van der Waals surface area (Å²) < 4.78 is 5.18. The number of carbonyl (C=O) groups excluding carboxylic acids is 1. The Bertz CT molecular complexity index is 393. The monoisotopic (exact) mass is 265 g/mol. The Hall–Kier alpha value is -1.29. The first kappa shape index (κ1) is 14.8. The zero-order chi connectivity index (χ0) is 13.8. The number of carbonyl (C=O) groups is 1. The van der Waals surface area contributed by atoms with Crippen LogP contribution in [0.4, 0.5) is 5.69 Å². The fraction of sp³-hybridized carbons (Fsp3) is 0.500. The third-order valence-corrected chi connectivity index (χ3v) is 3.23. The second-order valence-corrected chi connectivity index (χ2v) is 10.7. The van der Waals surface area contributed by atoms with Crippen molar-refractivity contribution in [2.75, 3.05) is 11.6 Å². The lowest BCUT2D eigenvalue weighted by Crippen LogP contribution is -2.32. The zero-order valence-corrected chi connectivity index (χ0v) is 12.9. The van der Waals surface area contributed by atoms with Gasteiger partial charge in [-0.05, 0) is 30.2 Å². The predicted octanol–water partition coefficient (Wildman–Crippen LogP) is 3.75. The SMILES string of the molecule is CC(C)COC(=O)c1ccc(N[Si](C)(C)C)cc1. The molecule has 1 aromatic carbocycles. The first-order chi connectivity index (χ1) is 8.28. The van der Waals surface area contributed by atoms with E-state index in [1.54, 1.807) is 0 Å². The number of esters is 1. The number of hydrogen-bond donors (Lipinski definition) is 1. The Balaban J connectivity index is 2.62. The molecule has 1 rings (SSSR count). The van der Waals surface area contributed by atoms with E-state index < -0.39 is 8.24 Å². The standard InChI is InChI=1S/C14H23NO2Si/c1-11(2)10-17-14(16)12-6-8-13(9-7-12)15-18(3,4)5/h6-9,11,15H,10H2,1-5H3. The average Bonchev–Trinajstić information content (AvgIpc) is 2.24. The largest absolute Gasteiger partial charge is 0.462 e. The topological polar surface area (TPSA) is 38.3 Å². The van der Waals surface area contributed by atoms with Crippen molar-refractivity contribution in [3.63, 3.8) is 0 Å². The van der Waals surface area contributed by atoms with Crippen LogP contribution >= 0.6 is 0 Å². The van der Waals surface area contributed by atoms with Gasteiger partial charge in [-0.1, -0.05) is 33.5 Å². The molecule has 1 N–H and O–H groups in total. The van der Waals surface area contributed by atoms with Crippen molar-refractivity contribution in [3.05, 3.63) is 29.8 Å². The molecule has 0 saturated heterocycles. The van der Waals surface area contributed by atoms with Crippen LogP contribution in [-0.2, 0) is 4.74 Å². The van der Waals surface area contributed by atoms with Gasteiger partial charge < -0.3 is 9.72 Å². The molecule has 18 heavy (non-hydrogen) atoms. The van der Waals surface area contributed by atoms with Gasteiger partial charge in [0, 0.05) is 5.69 Å². The smallest absolute Gasteiger partial charge is 0.338 e. The van der Waals surface area contributed by atoms with Crippen molar-refractivity contribution in [1.82, 2.24) is 0 Å². The van der Waals surface area contributed by atoms with E-state index >= 15 is 0 Å². The van der Waals surface area contributed by atoms with Gasteiger partial charge >= 0.3 is 5.97 Å². The van der Waals surface area contributed by atoms with Crippen LogP contribution in [0.25, 0.3) is 0 Å². The Morgan fingerprint density at radius 1 is 1.22 bits per heavy atom. The Kier molecular flexibility index (Phi) is 4.96. The number of nitrogens with one attached hydrogen (secondary N) is 1. The second kappa shape index (κ2) is 6.04. The molecule has 0 aromatic heterocycles. The number of benzene rings is 1. The lowest BCUT2D eigenvalue weighted by Gasteiger charge is -2.19. The van der Waals surface area contributed by atoms with Gasteiger partial charge in [-0.3, -0.25) is 0 Å². The molecule has 0 fully saturated rings. The van der Waals surface area contributed by atoms with E-state index in [0.717, 1.165) is 5.69 Å². The van der Waals surface area contributed by atoms with Crippen molar-refractivity contribution >= 4 is 19.9 Å². The maximum Gasteiger partial charge on any atom is 0.338 e. The van der Waals surface area contributed by atoms with Crippen LogP contribution in [0.2, 0.25) is 19.6 Å². The molecule has 0 radical (unpaired) electrons. The maximum atomic E-state index is 11.7. The fourth-order valence-electron chi connectivity index (χ4n) is 1.45. The van der Waals surface area contributed by atoms with Crippen molar-refractivity contribution in [1.29, 1.82) is 0 Å². The van der Waals surface area contributed by atoms with E-state index in [2.05, 4.69) is 24.6 Å². The summed E-state index contributed by atoms with van der Waals surface area (Å²) in [6.45, 7) is 11.2. The van der Waals surface area contributed by atoms with E-state index in [0.29, 0.717) is 18.1 Å². The number of rotatable bonds is 5. The molecule has 0 aliphatic carbocycles. The third kappa shape index (κ3) is 5.36. The molecule has 0 bridgehead atoms. The van der Waals surface area contributed by atoms with Crippen LogP contribution in [0.1, 0.15) is 24.2 Å². The molecule has 4 heteroatoms. The molecular weight excluding hydrogens is 242 g/mol. The van der Waals surface area contributed by atoms with Gasteiger partial charge in [0.1, 0.15) is 8.24 Å². The molecule has 0 aliphatic heterocycles. The van der Waals surface area contributed by atoms with Gasteiger partial charge in [-0.2, -0.15) is 0 Å². The van der Waals surface area contributed by atoms with Gasteiger partial charge in [0.05, 0.1) is 12.2 Å². The predicted molar refractivity (Wildman–Crippen MR) is 78.5 cm³/mol. The lowest BCUT2D eigenvalue weighted by molar-refractivity contribution is 0.0459. The number of anilines is 1. The summed E-state index contributed by atoms with van der Waals surface area (Å²) in [5, 5.41) is 0. The van der Waals surface area contributed by atoms with Crippen LogP contribution in [-0.4, -0.2) is 20.8 Å². The maximum absolute atomic E-state index is 11.7. The molecule has 0 amide bonds. The van der Waals surface area contributed by atoms with Crippen molar-refractivity contribution in [2.24, 2.45) is 5.92 Å². The molecular formula is C14H23NO2Si. The fourth-order valence-corrected chi connectivity index (χ4v) is 2.48. The number of ether oxygens (including phenoxy) is 1. The van der Waals surface area contributed by atoms with Crippen molar-refractivity contribution in [3.8, 4) is 0 Å². The molecule has 0 atom stereocenters. The van der Waals surface area contributed by atoms with Crippen molar-refractivity contribution in [2.45, 2.75) is 33.5 Å². The third-order valence-electron chi connectivity index (χ3n) is 2.19. The quantitative estimate of drug-likeness (QED) is 0.651. The van der Waals surface area contributed by atoms with Gasteiger partial charge in [0.15, 0.2) is 0 Å². The molecule has 0 aliphatic rings. The molecule has 0 heterocycles. The molecule has 100 valence electrons. The lowest BCUT2D eigenvalue weighted by atomic mass is 10.2. The molecule has 3 nitrogen and oxygen atoms in total. The van der Waals surface area contributed by atoms with Crippen LogP contribution in [0.15, 0.2) is 24.3 Å². The first-order valence-corrected chi connectivity index (χ1v) is 9.83. The first-order valence-electron chi connectivity index (χ1n) is 6.33. The van der Waals surface area contributed by atoms with Gasteiger partial charge in [-0.15, -0.1) is 0 Å². The molecule has 1 aromatic rings. The Labute approximate surface area is 111 Å². The van der Waals surface area contributed by atoms with Crippen LogP contribution in [0.3, 0.4) is 0 Å². The summed E-state index contributed by atoms with van der Waals surface area (Å²) in [6.07, 6.45) is 0. The van der Waals surface area contributed by atoms with E-state index in [9.17, 15) is 4.79 Å². The van der Waals surface area contributed by atoms with Gasteiger partial charge in [0.2, 0.25) is 0 Å². The summed E-state index contributed by atoms with van der Waals surface area (Å²) in [5.74, 6) is 0.116. The minimum atomic E-state index is -1.34. The van der Waals surface area contributed by atoms with E-state index in [1.165, 1.54) is 0 Å².